The molecule has 0 aliphatic rings. The molecule has 0 unspecified atom stereocenters. The molecule has 18 heavy (non-hydrogen) atoms. The van der Waals surface area contributed by atoms with Crippen LogP contribution in [0.4, 0.5) is 4.39 Å². The van der Waals surface area contributed by atoms with Gasteiger partial charge in [0.25, 0.3) is 5.56 Å². The highest BCUT2D eigenvalue weighted by molar-refractivity contribution is 9.10. The van der Waals surface area contributed by atoms with E-state index in [2.05, 4.69) is 15.9 Å². The third kappa shape index (κ3) is 2.21. The number of benzene rings is 1. The third-order valence-corrected chi connectivity index (χ3v) is 3.18. The minimum absolute atomic E-state index is 0.0558. The molecule has 7 heteroatoms. The zero-order valence-corrected chi connectivity index (χ0v) is 10.6. The third-order valence-electron chi connectivity index (χ3n) is 2.40. The van der Waals surface area contributed by atoms with Crippen molar-refractivity contribution in [2.24, 2.45) is 0 Å². The summed E-state index contributed by atoms with van der Waals surface area (Å²) >= 11 is 3.27. The van der Waals surface area contributed by atoms with Crippen LogP contribution >= 0.6 is 15.9 Å². The molecule has 0 aliphatic carbocycles. The topological polar surface area (TPSA) is 75.1 Å². The van der Waals surface area contributed by atoms with Crippen molar-refractivity contribution in [2.45, 2.75) is 6.54 Å². The summed E-state index contributed by atoms with van der Waals surface area (Å²) in [4.78, 5) is 24.2. The molecule has 0 aliphatic heterocycles. The Morgan fingerprint density at radius 1 is 1.33 bits per heavy atom. The van der Waals surface area contributed by atoms with Crippen molar-refractivity contribution in [1.82, 2.24) is 9.55 Å². The molecule has 0 bridgehead atoms. The zero-order valence-electron chi connectivity index (χ0n) is 8.98. The molecule has 1 aromatic heterocycles. The van der Waals surface area contributed by atoms with Crippen molar-refractivity contribution in [1.29, 1.82) is 0 Å². The van der Waals surface area contributed by atoms with Gasteiger partial charge in [0, 0.05) is 4.47 Å². The lowest BCUT2D eigenvalue weighted by Crippen LogP contribution is -2.32. The van der Waals surface area contributed by atoms with Crippen molar-refractivity contribution in [3.8, 4) is 5.88 Å². The number of halogens is 2. The van der Waals surface area contributed by atoms with Gasteiger partial charge in [-0.05, 0) is 11.6 Å². The second kappa shape index (κ2) is 4.77. The molecule has 0 radical (unpaired) electrons. The van der Waals surface area contributed by atoms with Gasteiger partial charge in [0.1, 0.15) is 0 Å². The number of hydrogen-bond acceptors (Lipinski definition) is 3. The summed E-state index contributed by atoms with van der Waals surface area (Å²) in [5.74, 6) is -2.35. The second-order valence-corrected chi connectivity index (χ2v) is 4.43. The Hall–Kier alpha value is -1.89. The first kappa shape index (κ1) is 12.6. The second-order valence-electron chi connectivity index (χ2n) is 3.57. The van der Waals surface area contributed by atoms with Gasteiger partial charge in [0.2, 0.25) is 11.7 Å². The molecule has 1 heterocycles. The molecular weight excluding hydrogens is 307 g/mol. The Bertz CT molecular complexity index is 708. The highest BCUT2D eigenvalue weighted by Crippen LogP contribution is 2.18. The maximum atomic E-state index is 13.2. The van der Waals surface area contributed by atoms with Crippen LogP contribution in [0.3, 0.4) is 0 Å². The molecule has 0 saturated carbocycles. The fraction of sp³-hybridized carbons (Fsp3) is 0.0909. The highest BCUT2D eigenvalue weighted by atomic mass is 79.9. The van der Waals surface area contributed by atoms with Gasteiger partial charge in [0.05, 0.1) is 6.54 Å². The van der Waals surface area contributed by atoms with Crippen molar-refractivity contribution in [2.75, 3.05) is 0 Å². The molecule has 2 aromatic rings. The van der Waals surface area contributed by atoms with Gasteiger partial charge >= 0.3 is 5.69 Å². The van der Waals surface area contributed by atoms with E-state index in [9.17, 15) is 19.1 Å². The van der Waals surface area contributed by atoms with E-state index in [-0.39, 0.29) is 6.54 Å². The Morgan fingerprint density at radius 3 is 2.67 bits per heavy atom. The number of aromatic amines is 1. The molecule has 0 amide bonds. The summed E-state index contributed by atoms with van der Waals surface area (Å²) in [5.41, 5.74) is -1.43. The molecule has 5 nitrogen and oxygen atoms in total. The van der Waals surface area contributed by atoms with Crippen molar-refractivity contribution in [3.05, 3.63) is 61.0 Å². The van der Waals surface area contributed by atoms with Gasteiger partial charge in [-0.1, -0.05) is 34.1 Å². The quantitative estimate of drug-likeness (QED) is 0.874. The van der Waals surface area contributed by atoms with E-state index in [0.29, 0.717) is 10.0 Å². The van der Waals surface area contributed by atoms with E-state index in [1.54, 1.807) is 29.2 Å². The minimum Gasteiger partial charge on any atom is -0.492 e. The molecule has 2 N–H and O–H groups in total. The Kier molecular flexibility index (Phi) is 3.33. The van der Waals surface area contributed by atoms with E-state index >= 15 is 0 Å². The molecule has 0 spiro atoms. The van der Waals surface area contributed by atoms with Crippen LogP contribution in [0.15, 0.2) is 38.3 Å². The van der Waals surface area contributed by atoms with Crippen molar-refractivity contribution < 1.29 is 9.50 Å². The first-order chi connectivity index (χ1) is 8.50. The largest absolute Gasteiger partial charge is 0.492 e. The Labute approximate surface area is 109 Å². The Balaban J connectivity index is 2.55. The number of aromatic hydroxyl groups is 1. The normalized spacial score (nSPS) is 10.6. The predicted molar refractivity (Wildman–Crippen MR) is 66.2 cm³/mol. The SMILES string of the molecule is O=c1[nH]c(=O)n(Cc2ccccc2Br)c(O)c1F. The van der Waals surface area contributed by atoms with Crippen LogP contribution in [-0.4, -0.2) is 14.7 Å². The van der Waals surface area contributed by atoms with Crippen LogP contribution in [0.2, 0.25) is 0 Å². The van der Waals surface area contributed by atoms with Crippen LogP contribution in [0, 0.1) is 5.82 Å². The van der Waals surface area contributed by atoms with E-state index in [0.717, 1.165) is 4.57 Å². The Morgan fingerprint density at radius 2 is 2.00 bits per heavy atom. The molecule has 1 aromatic carbocycles. The number of hydrogen-bond donors (Lipinski definition) is 2. The number of nitrogens with one attached hydrogen (secondary N) is 1. The summed E-state index contributed by atoms with van der Waals surface area (Å²) in [6.45, 7) is -0.0558. The van der Waals surface area contributed by atoms with Crippen LogP contribution < -0.4 is 11.2 Å². The number of aromatic nitrogens is 2. The minimum atomic E-state index is -1.37. The average molecular weight is 315 g/mol. The fourth-order valence-electron chi connectivity index (χ4n) is 1.48. The van der Waals surface area contributed by atoms with E-state index in [4.69, 9.17) is 0 Å². The molecule has 0 atom stereocenters. The smallest absolute Gasteiger partial charge is 0.331 e. The standard InChI is InChI=1S/C11H8BrFN2O3/c12-7-4-2-1-3-6(7)5-15-10(17)8(13)9(16)14-11(15)18/h1-4,17H,5H2,(H,14,16,18). The van der Waals surface area contributed by atoms with E-state index < -0.39 is 22.9 Å². The molecular formula is C11H8BrFN2O3. The molecule has 94 valence electrons. The number of nitrogens with zero attached hydrogens (tertiary/aromatic N) is 1. The first-order valence-electron chi connectivity index (χ1n) is 4.95. The lowest BCUT2D eigenvalue weighted by molar-refractivity contribution is 0.367. The molecule has 0 fully saturated rings. The van der Waals surface area contributed by atoms with Gasteiger partial charge < -0.3 is 5.11 Å². The number of rotatable bonds is 2. The monoisotopic (exact) mass is 314 g/mol. The molecule has 2 rings (SSSR count). The van der Waals surface area contributed by atoms with Crippen molar-refractivity contribution >= 4 is 15.9 Å². The average Bonchev–Trinajstić information content (AvgIpc) is 2.34. The maximum absolute atomic E-state index is 13.2. The first-order valence-corrected chi connectivity index (χ1v) is 5.75. The predicted octanol–water partition coefficient (Wildman–Crippen LogP) is 1.19. The van der Waals surface area contributed by atoms with Crippen LogP contribution in [0.5, 0.6) is 5.88 Å². The van der Waals surface area contributed by atoms with Crippen molar-refractivity contribution in [3.63, 3.8) is 0 Å². The summed E-state index contributed by atoms with van der Waals surface area (Å²) in [5, 5.41) is 9.46. The zero-order chi connectivity index (χ0) is 13.3. The van der Waals surface area contributed by atoms with Crippen LogP contribution in [0.25, 0.3) is 0 Å². The maximum Gasteiger partial charge on any atom is 0.331 e. The van der Waals surface area contributed by atoms with Crippen LogP contribution in [-0.2, 0) is 6.54 Å². The van der Waals surface area contributed by atoms with Gasteiger partial charge in [-0.3, -0.25) is 14.3 Å². The van der Waals surface area contributed by atoms with E-state index in [1.165, 1.54) is 0 Å². The highest BCUT2D eigenvalue weighted by Gasteiger charge is 2.14. The summed E-state index contributed by atoms with van der Waals surface area (Å²) in [7, 11) is 0. The molecule has 0 saturated heterocycles. The van der Waals surface area contributed by atoms with Gasteiger partial charge in [-0.15, -0.1) is 0 Å². The summed E-state index contributed by atoms with van der Waals surface area (Å²) in [6.07, 6.45) is 0. The summed E-state index contributed by atoms with van der Waals surface area (Å²) < 4.78 is 14.7. The lowest BCUT2D eigenvalue weighted by Gasteiger charge is -2.09. The lowest BCUT2D eigenvalue weighted by atomic mass is 10.2. The van der Waals surface area contributed by atoms with Gasteiger partial charge in [-0.2, -0.15) is 4.39 Å². The van der Waals surface area contributed by atoms with Crippen LogP contribution in [0.1, 0.15) is 5.56 Å². The number of H-pyrrole nitrogens is 1. The van der Waals surface area contributed by atoms with Gasteiger partial charge in [-0.25, -0.2) is 4.79 Å². The van der Waals surface area contributed by atoms with E-state index in [1.807, 2.05) is 0 Å². The summed E-state index contributed by atoms with van der Waals surface area (Å²) in [6, 6.07) is 6.98. The van der Waals surface area contributed by atoms with Gasteiger partial charge in [0.15, 0.2) is 0 Å². The fourth-order valence-corrected chi connectivity index (χ4v) is 1.89.